The van der Waals surface area contributed by atoms with Gasteiger partial charge in [-0.3, -0.25) is 10.1 Å². The summed E-state index contributed by atoms with van der Waals surface area (Å²) < 4.78 is 5.48. The first-order valence-corrected chi connectivity index (χ1v) is 6.33. The number of hydrogen-bond donors (Lipinski definition) is 1. The van der Waals surface area contributed by atoms with Crippen LogP contribution in [0.2, 0.25) is 0 Å². The molecule has 0 amide bonds. The van der Waals surface area contributed by atoms with Crippen LogP contribution in [0.25, 0.3) is 0 Å². The van der Waals surface area contributed by atoms with Crippen molar-refractivity contribution in [1.29, 1.82) is 5.26 Å². The van der Waals surface area contributed by atoms with E-state index in [1.165, 1.54) is 12.1 Å². The Morgan fingerprint density at radius 2 is 2.10 bits per heavy atom. The highest BCUT2D eigenvalue weighted by Crippen LogP contribution is 2.30. The molecule has 106 valence electrons. The number of nitro groups is 1. The molecular weight excluding hydrogens is 270 g/mol. The van der Waals surface area contributed by atoms with Crippen LogP contribution in [0.1, 0.15) is 12.5 Å². The quantitative estimate of drug-likeness (QED) is 0.669. The number of nitrogens with one attached hydrogen (secondary N) is 1. The second-order valence-electron chi connectivity index (χ2n) is 4.16. The van der Waals surface area contributed by atoms with Gasteiger partial charge in [-0.15, -0.1) is 0 Å². The third kappa shape index (κ3) is 3.28. The van der Waals surface area contributed by atoms with E-state index in [0.717, 1.165) is 0 Å². The molecule has 0 atom stereocenters. The van der Waals surface area contributed by atoms with E-state index in [1.807, 2.05) is 31.2 Å². The Labute approximate surface area is 121 Å². The highest BCUT2D eigenvalue weighted by atomic mass is 16.6. The minimum atomic E-state index is -0.571. The Bertz CT molecular complexity index is 708. The van der Waals surface area contributed by atoms with E-state index < -0.39 is 4.92 Å². The molecule has 0 aliphatic rings. The lowest BCUT2D eigenvalue weighted by Crippen LogP contribution is -1.99. The van der Waals surface area contributed by atoms with Crippen LogP contribution in [0.5, 0.6) is 5.75 Å². The Morgan fingerprint density at radius 3 is 2.76 bits per heavy atom. The molecule has 2 rings (SSSR count). The van der Waals surface area contributed by atoms with Crippen LogP contribution < -0.4 is 10.1 Å². The first-order valence-electron chi connectivity index (χ1n) is 6.33. The monoisotopic (exact) mass is 283 g/mol. The van der Waals surface area contributed by atoms with Crippen LogP contribution >= 0.6 is 0 Å². The lowest BCUT2D eigenvalue weighted by Gasteiger charge is -2.12. The Hall–Kier alpha value is -3.07. The Morgan fingerprint density at radius 1 is 1.33 bits per heavy atom. The Balaban J connectivity index is 2.35. The van der Waals surface area contributed by atoms with Gasteiger partial charge in [0.2, 0.25) is 0 Å². The van der Waals surface area contributed by atoms with E-state index in [0.29, 0.717) is 23.7 Å². The number of anilines is 2. The smallest absolute Gasteiger partial charge is 0.289 e. The molecule has 2 aromatic carbocycles. The van der Waals surface area contributed by atoms with Gasteiger partial charge in [-0.2, -0.15) is 5.26 Å². The number of ether oxygens (including phenoxy) is 1. The lowest BCUT2D eigenvalue weighted by atomic mass is 10.1. The van der Waals surface area contributed by atoms with Gasteiger partial charge in [0.05, 0.1) is 17.2 Å². The van der Waals surface area contributed by atoms with Crippen LogP contribution in [0, 0.1) is 21.4 Å². The minimum Gasteiger partial charge on any atom is -0.492 e. The zero-order valence-electron chi connectivity index (χ0n) is 11.4. The van der Waals surface area contributed by atoms with Crippen molar-refractivity contribution in [2.75, 3.05) is 11.9 Å². The summed E-state index contributed by atoms with van der Waals surface area (Å²) in [6.07, 6.45) is 0. The SMILES string of the molecule is CCOc1ccccc1Nc1ccc(C#N)c([N+](=O)[O-])c1. The van der Waals surface area contributed by atoms with E-state index in [9.17, 15) is 10.1 Å². The van der Waals surface area contributed by atoms with Gasteiger partial charge in [-0.1, -0.05) is 12.1 Å². The molecule has 0 bridgehead atoms. The van der Waals surface area contributed by atoms with Gasteiger partial charge in [-0.05, 0) is 31.2 Å². The normalized spacial score (nSPS) is 9.71. The fourth-order valence-corrected chi connectivity index (χ4v) is 1.86. The number of nitrogens with zero attached hydrogens (tertiary/aromatic N) is 2. The molecule has 0 saturated carbocycles. The molecule has 6 heteroatoms. The molecule has 2 aromatic rings. The topological polar surface area (TPSA) is 88.2 Å². The molecule has 6 nitrogen and oxygen atoms in total. The molecule has 0 aliphatic carbocycles. The van der Waals surface area contributed by atoms with E-state index in [2.05, 4.69) is 5.32 Å². The highest BCUT2D eigenvalue weighted by Gasteiger charge is 2.14. The van der Waals surface area contributed by atoms with Gasteiger partial charge in [0.1, 0.15) is 17.4 Å². The zero-order chi connectivity index (χ0) is 15.2. The molecule has 1 N–H and O–H groups in total. The minimum absolute atomic E-state index is 0.0312. The first-order chi connectivity index (χ1) is 10.2. The van der Waals surface area contributed by atoms with Gasteiger partial charge in [0, 0.05) is 11.8 Å². The predicted molar refractivity (Wildman–Crippen MR) is 78.7 cm³/mol. The van der Waals surface area contributed by atoms with Crippen molar-refractivity contribution in [2.45, 2.75) is 6.92 Å². The molecule has 0 fully saturated rings. The number of nitro benzene ring substituents is 1. The summed E-state index contributed by atoms with van der Waals surface area (Å²) in [4.78, 5) is 10.4. The second kappa shape index (κ2) is 6.39. The molecule has 0 radical (unpaired) electrons. The number of hydrogen-bond acceptors (Lipinski definition) is 5. The van der Waals surface area contributed by atoms with Crippen molar-refractivity contribution in [3.05, 3.63) is 58.1 Å². The van der Waals surface area contributed by atoms with E-state index in [1.54, 1.807) is 12.1 Å². The van der Waals surface area contributed by atoms with E-state index >= 15 is 0 Å². The summed E-state index contributed by atoms with van der Waals surface area (Å²) in [6.45, 7) is 2.40. The molecule has 0 spiro atoms. The van der Waals surface area contributed by atoms with Gasteiger partial charge < -0.3 is 10.1 Å². The summed E-state index contributed by atoms with van der Waals surface area (Å²) in [6, 6.07) is 13.5. The molecular formula is C15H13N3O3. The van der Waals surface area contributed by atoms with Gasteiger partial charge >= 0.3 is 0 Å². The summed E-state index contributed by atoms with van der Waals surface area (Å²) in [5.41, 5.74) is 1.03. The number of benzene rings is 2. The van der Waals surface area contributed by atoms with Crippen molar-refractivity contribution < 1.29 is 9.66 Å². The van der Waals surface area contributed by atoms with Crippen molar-refractivity contribution in [3.63, 3.8) is 0 Å². The number of para-hydroxylation sites is 2. The standard InChI is InChI=1S/C15H13N3O3/c1-2-21-15-6-4-3-5-13(15)17-12-8-7-11(10-16)14(9-12)18(19)20/h3-9,17H,2H2,1H3. The van der Waals surface area contributed by atoms with Crippen LogP contribution in [-0.4, -0.2) is 11.5 Å². The van der Waals surface area contributed by atoms with E-state index in [4.69, 9.17) is 10.00 Å². The van der Waals surface area contributed by atoms with Crippen molar-refractivity contribution in [3.8, 4) is 11.8 Å². The van der Waals surface area contributed by atoms with Gasteiger partial charge in [0.25, 0.3) is 5.69 Å². The maximum Gasteiger partial charge on any atom is 0.289 e. The first kappa shape index (κ1) is 14.3. The van der Waals surface area contributed by atoms with Crippen LogP contribution in [0.3, 0.4) is 0 Å². The average molecular weight is 283 g/mol. The maximum absolute atomic E-state index is 11.0. The van der Waals surface area contributed by atoms with Gasteiger partial charge in [-0.25, -0.2) is 0 Å². The highest BCUT2D eigenvalue weighted by molar-refractivity contribution is 5.69. The molecule has 0 aliphatic heterocycles. The summed E-state index contributed by atoms with van der Waals surface area (Å²) in [5, 5.41) is 22.9. The van der Waals surface area contributed by atoms with Crippen LogP contribution in [0.4, 0.5) is 17.1 Å². The molecule has 0 heterocycles. The van der Waals surface area contributed by atoms with Gasteiger partial charge in [0.15, 0.2) is 0 Å². The Kier molecular flexibility index (Phi) is 4.36. The van der Waals surface area contributed by atoms with Crippen LogP contribution in [0.15, 0.2) is 42.5 Å². The largest absolute Gasteiger partial charge is 0.492 e. The predicted octanol–water partition coefficient (Wildman–Crippen LogP) is 3.61. The lowest BCUT2D eigenvalue weighted by molar-refractivity contribution is -0.385. The number of rotatable bonds is 5. The van der Waals surface area contributed by atoms with Crippen molar-refractivity contribution in [1.82, 2.24) is 0 Å². The second-order valence-corrected chi connectivity index (χ2v) is 4.16. The van der Waals surface area contributed by atoms with E-state index in [-0.39, 0.29) is 11.3 Å². The maximum atomic E-state index is 11.0. The molecule has 0 saturated heterocycles. The summed E-state index contributed by atoms with van der Waals surface area (Å²) in [7, 11) is 0. The summed E-state index contributed by atoms with van der Waals surface area (Å²) in [5.74, 6) is 0.659. The average Bonchev–Trinajstić information content (AvgIpc) is 2.49. The third-order valence-corrected chi connectivity index (χ3v) is 2.78. The molecule has 0 aromatic heterocycles. The zero-order valence-corrected chi connectivity index (χ0v) is 11.4. The van der Waals surface area contributed by atoms with Crippen LogP contribution in [-0.2, 0) is 0 Å². The number of nitriles is 1. The summed E-state index contributed by atoms with van der Waals surface area (Å²) >= 11 is 0. The van der Waals surface area contributed by atoms with Crippen molar-refractivity contribution in [2.24, 2.45) is 0 Å². The fourth-order valence-electron chi connectivity index (χ4n) is 1.86. The van der Waals surface area contributed by atoms with Crippen molar-refractivity contribution >= 4 is 17.1 Å². The third-order valence-electron chi connectivity index (χ3n) is 2.78. The molecule has 21 heavy (non-hydrogen) atoms. The fraction of sp³-hybridized carbons (Fsp3) is 0.133. The molecule has 0 unspecified atom stereocenters.